The topological polar surface area (TPSA) is 81.7 Å². The predicted octanol–water partition coefficient (Wildman–Crippen LogP) is 1.16. The first-order valence-corrected chi connectivity index (χ1v) is 8.29. The lowest BCUT2D eigenvalue weighted by Crippen LogP contribution is -2.47. The van der Waals surface area contributed by atoms with Crippen molar-refractivity contribution in [2.24, 2.45) is 0 Å². The average molecular weight is 309 g/mol. The zero-order valence-electron chi connectivity index (χ0n) is 13.1. The normalized spacial score (nSPS) is 22.8. The van der Waals surface area contributed by atoms with Gasteiger partial charge in [-0.2, -0.15) is 0 Å². The molecule has 1 aliphatic carbocycles. The molecule has 6 heteroatoms. The maximum atomic E-state index is 11.8. The summed E-state index contributed by atoms with van der Waals surface area (Å²) in [6.45, 7) is 2.02. The molecule has 1 atom stereocenters. The molecule has 1 aliphatic heterocycles. The molecule has 6 nitrogen and oxygen atoms in total. The Balaban J connectivity index is 1.59. The van der Waals surface area contributed by atoms with Gasteiger partial charge in [-0.25, -0.2) is 4.79 Å². The van der Waals surface area contributed by atoms with Crippen LogP contribution in [-0.4, -0.2) is 54.2 Å². The molecule has 0 aromatic rings. The van der Waals surface area contributed by atoms with E-state index in [-0.39, 0.29) is 18.6 Å². The summed E-state index contributed by atoms with van der Waals surface area (Å²) >= 11 is 0. The quantitative estimate of drug-likeness (QED) is 0.666. The van der Waals surface area contributed by atoms with E-state index >= 15 is 0 Å². The molecular formula is C16H27N3O3. The van der Waals surface area contributed by atoms with Gasteiger partial charge < -0.3 is 10.4 Å². The molecule has 1 unspecified atom stereocenters. The summed E-state index contributed by atoms with van der Waals surface area (Å²) < 4.78 is 0. The number of carbonyl (C=O) groups excluding carboxylic acids is 2. The molecule has 0 saturated carbocycles. The number of β-amino-alcohol motifs (C(OH)–C–C–N with tert-alkyl or cyclic N) is 1. The van der Waals surface area contributed by atoms with Crippen LogP contribution in [0.15, 0.2) is 11.6 Å². The van der Waals surface area contributed by atoms with Crippen LogP contribution in [0.2, 0.25) is 0 Å². The summed E-state index contributed by atoms with van der Waals surface area (Å²) in [6.07, 6.45) is 9.19. The molecule has 0 bridgehead atoms. The van der Waals surface area contributed by atoms with Crippen LogP contribution in [0.5, 0.6) is 0 Å². The lowest BCUT2D eigenvalue weighted by molar-refractivity contribution is -0.121. The average Bonchev–Trinajstić information content (AvgIpc) is 2.48. The van der Waals surface area contributed by atoms with Crippen molar-refractivity contribution in [2.45, 2.75) is 51.0 Å². The Morgan fingerprint density at radius 1 is 1.32 bits per heavy atom. The monoisotopic (exact) mass is 309 g/mol. The molecule has 2 rings (SSSR count). The molecule has 3 amide bonds. The Morgan fingerprint density at radius 2 is 2.18 bits per heavy atom. The fourth-order valence-electron chi connectivity index (χ4n) is 3.06. The molecule has 3 N–H and O–H groups in total. The summed E-state index contributed by atoms with van der Waals surface area (Å²) in [4.78, 5) is 25.3. The number of hydrogen-bond acceptors (Lipinski definition) is 4. The van der Waals surface area contributed by atoms with Gasteiger partial charge in [0.25, 0.3) is 0 Å². The number of likely N-dealkylation sites (tertiary alicyclic amines) is 1. The van der Waals surface area contributed by atoms with Gasteiger partial charge in [0, 0.05) is 13.1 Å². The zero-order valence-corrected chi connectivity index (χ0v) is 13.1. The Kier molecular flexibility index (Phi) is 6.86. The molecule has 0 aromatic carbocycles. The third-order valence-electron chi connectivity index (χ3n) is 4.22. The van der Waals surface area contributed by atoms with Gasteiger partial charge in [-0.15, -0.1) is 0 Å². The molecule has 0 aromatic heterocycles. The molecule has 2 aliphatic rings. The van der Waals surface area contributed by atoms with Crippen molar-refractivity contribution in [3.8, 4) is 0 Å². The summed E-state index contributed by atoms with van der Waals surface area (Å²) in [7, 11) is 0. The number of allylic oxidation sites excluding steroid dienone is 1. The van der Waals surface area contributed by atoms with E-state index in [0.717, 1.165) is 38.6 Å². The lowest BCUT2D eigenvalue weighted by Gasteiger charge is -2.29. The van der Waals surface area contributed by atoms with Crippen molar-refractivity contribution in [2.75, 3.05) is 26.2 Å². The van der Waals surface area contributed by atoms with Crippen LogP contribution >= 0.6 is 0 Å². The summed E-state index contributed by atoms with van der Waals surface area (Å²) in [5.41, 5.74) is 1.40. The van der Waals surface area contributed by atoms with Crippen LogP contribution in [0.1, 0.15) is 44.9 Å². The van der Waals surface area contributed by atoms with Crippen LogP contribution in [0.25, 0.3) is 0 Å². The van der Waals surface area contributed by atoms with E-state index in [1.807, 2.05) is 4.90 Å². The number of rotatable bonds is 5. The van der Waals surface area contributed by atoms with Crippen molar-refractivity contribution >= 4 is 11.9 Å². The van der Waals surface area contributed by atoms with E-state index in [0.29, 0.717) is 13.1 Å². The maximum absolute atomic E-state index is 11.8. The van der Waals surface area contributed by atoms with Gasteiger partial charge in [-0.3, -0.25) is 15.0 Å². The van der Waals surface area contributed by atoms with Crippen LogP contribution in [0.3, 0.4) is 0 Å². The zero-order chi connectivity index (χ0) is 15.8. The van der Waals surface area contributed by atoms with E-state index in [1.165, 1.54) is 18.4 Å². The Labute approximate surface area is 131 Å². The molecule has 124 valence electrons. The van der Waals surface area contributed by atoms with Gasteiger partial charge in [0.2, 0.25) is 5.91 Å². The summed E-state index contributed by atoms with van der Waals surface area (Å²) in [5.74, 6) is -0.316. The van der Waals surface area contributed by atoms with Gasteiger partial charge in [0.05, 0.1) is 12.6 Å². The van der Waals surface area contributed by atoms with Crippen LogP contribution < -0.4 is 10.6 Å². The first-order valence-electron chi connectivity index (χ1n) is 8.29. The Hall–Kier alpha value is -1.40. The fraction of sp³-hybridized carbons (Fsp3) is 0.750. The van der Waals surface area contributed by atoms with E-state index in [1.54, 1.807) is 0 Å². The molecule has 0 radical (unpaired) electrons. The standard InChI is InChI=1S/C16H27N3O3/c20-14-7-4-10-19(11-14)12-15(21)18-16(22)17-9-8-13-5-2-1-3-6-13/h5,14,20H,1-4,6-12H2,(H2,17,18,21,22). The number of nitrogens with one attached hydrogen (secondary N) is 2. The summed E-state index contributed by atoms with van der Waals surface area (Å²) in [6, 6.07) is -0.432. The third-order valence-corrected chi connectivity index (χ3v) is 4.22. The second-order valence-corrected chi connectivity index (χ2v) is 6.19. The smallest absolute Gasteiger partial charge is 0.321 e. The number of imide groups is 1. The van der Waals surface area contributed by atoms with Crippen molar-refractivity contribution < 1.29 is 14.7 Å². The molecular weight excluding hydrogens is 282 g/mol. The Bertz CT molecular complexity index is 423. The number of aliphatic hydroxyl groups is 1. The highest BCUT2D eigenvalue weighted by molar-refractivity contribution is 5.95. The second-order valence-electron chi connectivity index (χ2n) is 6.19. The third kappa shape index (κ3) is 6.15. The van der Waals surface area contributed by atoms with E-state index < -0.39 is 6.03 Å². The van der Waals surface area contributed by atoms with Crippen molar-refractivity contribution in [1.82, 2.24) is 15.5 Å². The van der Waals surface area contributed by atoms with Crippen molar-refractivity contribution in [1.29, 1.82) is 0 Å². The first kappa shape index (κ1) is 17.0. The number of amides is 3. The second kappa shape index (κ2) is 8.90. The van der Waals surface area contributed by atoms with Gasteiger partial charge in [-0.1, -0.05) is 11.6 Å². The summed E-state index contributed by atoms with van der Waals surface area (Å²) in [5, 5.41) is 14.6. The maximum Gasteiger partial charge on any atom is 0.321 e. The van der Waals surface area contributed by atoms with Crippen LogP contribution in [0.4, 0.5) is 4.79 Å². The van der Waals surface area contributed by atoms with E-state index in [2.05, 4.69) is 16.7 Å². The van der Waals surface area contributed by atoms with Gasteiger partial charge >= 0.3 is 6.03 Å². The molecule has 1 saturated heterocycles. The first-order chi connectivity index (χ1) is 10.6. The fourth-order valence-corrected chi connectivity index (χ4v) is 3.06. The molecule has 1 heterocycles. The molecule has 1 fully saturated rings. The number of hydrogen-bond donors (Lipinski definition) is 3. The number of urea groups is 1. The van der Waals surface area contributed by atoms with Crippen LogP contribution in [-0.2, 0) is 4.79 Å². The number of carbonyl (C=O) groups is 2. The van der Waals surface area contributed by atoms with Crippen molar-refractivity contribution in [3.05, 3.63) is 11.6 Å². The van der Waals surface area contributed by atoms with Gasteiger partial charge in [0.15, 0.2) is 0 Å². The lowest BCUT2D eigenvalue weighted by atomic mass is 9.97. The highest BCUT2D eigenvalue weighted by Crippen LogP contribution is 2.19. The Morgan fingerprint density at radius 3 is 2.91 bits per heavy atom. The minimum atomic E-state index is -0.432. The van der Waals surface area contributed by atoms with Crippen LogP contribution in [0, 0.1) is 0 Å². The van der Waals surface area contributed by atoms with E-state index in [4.69, 9.17) is 0 Å². The predicted molar refractivity (Wildman–Crippen MR) is 84.4 cm³/mol. The SMILES string of the molecule is O=C(CN1CCCC(O)C1)NC(=O)NCCC1=CCCCC1. The van der Waals surface area contributed by atoms with Gasteiger partial charge in [-0.05, 0) is 51.5 Å². The van der Waals surface area contributed by atoms with E-state index in [9.17, 15) is 14.7 Å². The highest BCUT2D eigenvalue weighted by atomic mass is 16.3. The number of piperidine rings is 1. The minimum Gasteiger partial charge on any atom is -0.392 e. The molecule has 22 heavy (non-hydrogen) atoms. The van der Waals surface area contributed by atoms with Crippen molar-refractivity contribution in [3.63, 3.8) is 0 Å². The number of nitrogens with zero attached hydrogens (tertiary/aromatic N) is 1. The largest absolute Gasteiger partial charge is 0.392 e. The van der Waals surface area contributed by atoms with Gasteiger partial charge in [0.1, 0.15) is 0 Å². The molecule has 0 spiro atoms. The minimum absolute atomic E-state index is 0.162. The highest BCUT2D eigenvalue weighted by Gasteiger charge is 2.20. The number of aliphatic hydroxyl groups excluding tert-OH is 1.